The molecule has 0 amide bonds. The summed E-state index contributed by atoms with van der Waals surface area (Å²) in [6.07, 6.45) is 0.861. The van der Waals surface area contributed by atoms with Gasteiger partial charge in [0.05, 0.1) is 0 Å². The third-order valence-corrected chi connectivity index (χ3v) is 4.59. The Kier molecular flexibility index (Phi) is 3.13. The number of thiophene rings is 1. The molecule has 4 aromatic rings. The predicted molar refractivity (Wildman–Crippen MR) is 90.4 cm³/mol. The fourth-order valence-electron chi connectivity index (χ4n) is 2.60. The van der Waals surface area contributed by atoms with Crippen molar-refractivity contribution in [3.8, 4) is 21.8 Å². The van der Waals surface area contributed by atoms with Crippen LogP contribution in [0.25, 0.3) is 32.7 Å². The van der Waals surface area contributed by atoms with E-state index in [-0.39, 0.29) is 0 Å². The van der Waals surface area contributed by atoms with Crippen LogP contribution in [0.5, 0.6) is 0 Å². The van der Waals surface area contributed by atoms with Gasteiger partial charge < -0.3 is 4.42 Å². The number of benzene rings is 2. The average molecular weight is 304 g/mol. The number of fused-ring (bicyclic) bond motifs is 1. The smallest absolute Gasteiger partial charge is 0.150 e. The van der Waals surface area contributed by atoms with Gasteiger partial charge in [0, 0.05) is 21.4 Å². The van der Waals surface area contributed by atoms with Crippen LogP contribution in [0.3, 0.4) is 0 Å². The van der Waals surface area contributed by atoms with E-state index in [1.54, 1.807) is 17.4 Å². The molecule has 0 radical (unpaired) electrons. The minimum atomic E-state index is 0.639. The largest absolute Gasteiger partial charge is 0.456 e. The molecule has 0 bridgehead atoms. The first-order chi connectivity index (χ1) is 10.8. The van der Waals surface area contributed by atoms with Gasteiger partial charge in [0.25, 0.3) is 0 Å². The van der Waals surface area contributed by atoms with E-state index in [9.17, 15) is 4.79 Å². The number of hydrogen-bond acceptors (Lipinski definition) is 3. The van der Waals surface area contributed by atoms with E-state index in [4.69, 9.17) is 4.42 Å². The molecule has 2 nitrogen and oxygen atoms in total. The maximum Gasteiger partial charge on any atom is 0.150 e. The van der Waals surface area contributed by atoms with E-state index in [2.05, 4.69) is 23.6 Å². The molecule has 0 saturated heterocycles. The Labute approximate surface area is 131 Å². The molecule has 0 saturated carbocycles. The topological polar surface area (TPSA) is 30.2 Å². The second-order valence-corrected chi connectivity index (χ2v) is 5.99. The Hall–Kier alpha value is -2.65. The molecule has 0 aliphatic rings. The van der Waals surface area contributed by atoms with E-state index in [0.717, 1.165) is 28.6 Å². The lowest BCUT2D eigenvalue weighted by molar-refractivity contribution is 0.112. The zero-order valence-electron chi connectivity index (χ0n) is 11.7. The average Bonchev–Trinajstić information content (AvgIpc) is 3.23. The van der Waals surface area contributed by atoms with Gasteiger partial charge in [-0.1, -0.05) is 30.3 Å². The van der Waals surface area contributed by atoms with Crippen molar-refractivity contribution in [2.75, 3.05) is 0 Å². The van der Waals surface area contributed by atoms with Crippen molar-refractivity contribution in [1.29, 1.82) is 0 Å². The summed E-state index contributed by atoms with van der Waals surface area (Å²) in [5.41, 5.74) is 3.47. The quantitative estimate of drug-likeness (QED) is 0.458. The summed E-state index contributed by atoms with van der Waals surface area (Å²) >= 11 is 1.72. The van der Waals surface area contributed by atoms with Gasteiger partial charge in [-0.05, 0) is 41.3 Å². The number of rotatable bonds is 3. The minimum Gasteiger partial charge on any atom is -0.456 e. The molecule has 4 rings (SSSR count). The van der Waals surface area contributed by atoms with Gasteiger partial charge >= 0.3 is 0 Å². The summed E-state index contributed by atoms with van der Waals surface area (Å²) in [6, 6.07) is 19.8. The van der Waals surface area contributed by atoms with Crippen molar-refractivity contribution < 1.29 is 9.21 Å². The molecule has 0 spiro atoms. The maximum atomic E-state index is 11.2. The fraction of sp³-hybridized carbons (Fsp3) is 0. The van der Waals surface area contributed by atoms with Gasteiger partial charge in [-0.25, -0.2) is 0 Å². The first kappa shape index (κ1) is 13.0. The number of carbonyl (C=O) groups is 1. The SMILES string of the molecule is O=Cc1ccccc1-c1cc2cc(-c3cccs3)ccc2o1. The molecule has 3 heteroatoms. The van der Waals surface area contributed by atoms with Gasteiger partial charge in [0.15, 0.2) is 6.29 Å². The Morgan fingerprint density at radius 2 is 1.86 bits per heavy atom. The zero-order chi connectivity index (χ0) is 14.9. The first-order valence-electron chi connectivity index (χ1n) is 6.97. The molecule has 2 aromatic carbocycles. The minimum absolute atomic E-state index is 0.639. The molecule has 0 aliphatic carbocycles. The highest BCUT2D eigenvalue weighted by molar-refractivity contribution is 7.13. The van der Waals surface area contributed by atoms with Crippen molar-refractivity contribution in [2.45, 2.75) is 0 Å². The Morgan fingerprint density at radius 3 is 2.68 bits per heavy atom. The van der Waals surface area contributed by atoms with E-state index in [0.29, 0.717) is 5.56 Å². The van der Waals surface area contributed by atoms with Crippen LogP contribution in [0.15, 0.2) is 70.5 Å². The molecule has 0 fully saturated rings. The Balaban J connectivity index is 1.86. The summed E-state index contributed by atoms with van der Waals surface area (Å²) in [4.78, 5) is 12.4. The Morgan fingerprint density at radius 1 is 0.955 bits per heavy atom. The van der Waals surface area contributed by atoms with Crippen LogP contribution in [-0.4, -0.2) is 6.29 Å². The fourth-order valence-corrected chi connectivity index (χ4v) is 3.32. The molecular formula is C19H12O2S. The molecule has 0 aliphatic heterocycles. The van der Waals surface area contributed by atoms with Gasteiger partial charge in [-0.2, -0.15) is 0 Å². The lowest BCUT2D eigenvalue weighted by Gasteiger charge is -1.99. The predicted octanol–water partition coefficient (Wildman–Crippen LogP) is 5.64. The highest BCUT2D eigenvalue weighted by Crippen LogP contribution is 2.33. The highest BCUT2D eigenvalue weighted by Gasteiger charge is 2.11. The van der Waals surface area contributed by atoms with Crippen molar-refractivity contribution >= 4 is 28.6 Å². The van der Waals surface area contributed by atoms with Crippen molar-refractivity contribution in [3.05, 3.63) is 71.6 Å². The third kappa shape index (κ3) is 2.16. The second kappa shape index (κ2) is 5.28. The van der Waals surface area contributed by atoms with Crippen LogP contribution in [0.4, 0.5) is 0 Å². The third-order valence-electron chi connectivity index (χ3n) is 3.68. The first-order valence-corrected chi connectivity index (χ1v) is 7.85. The zero-order valence-corrected chi connectivity index (χ0v) is 12.5. The monoisotopic (exact) mass is 304 g/mol. The molecule has 2 aromatic heterocycles. The van der Waals surface area contributed by atoms with Crippen LogP contribution in [0, 0.1) is 0 Å². The summed E-state index contributed by atoms with van der Waals surface area (Å²) in [6.45, 7) is 0. The molecule has 0 unspecified atom stereocenters. The molecule has 0 N–H and O–H groups in total. The van der Waals surface area contributed by atoms with E-state index in [1.807, 2.05) is 36.4 Å². The summed E-state index contributed by atoms with van der Waals surface area (Å²) in [5.74, 6) is 0.723. The Bertz CT molecular complexity index is 949. The lowest BCUT2D eigenvalue weighted by atomic mass is 10.1. The van der Waals surface area contributed by atoms with Crippen molar-refractivity contribution in [1.82, 2.24) is 0 Å². The van der Waals surface area contributed by atoms with E-state index < -0.39 is 0 Å². The highest BCUT2D eigenvalue weighted by atomic mass is 32.1. The van der Waals surface area contributed by atoms with Crippen LogP contribution >= 0.6 is 11.3 Å². The summed E-state index contributed by atoms with van der Waals surface area (Å²) in [7, 11) is 0. The molecular weight excluding hydrogens is 292 g/mol. The van der Waals surface area contributed by atoms with Crippen LogP contribution in [0.1, 0.15) is 10.4 Å². The van der Waals surface area contributed by atoms with Gasteiger partial charge in [-0.15, -0.1) is 11.3 Å². The van der Waals surface area contributed by atoms with Crippen molar-refractivity contribution in [3.63, 3.8) is 0 Å². The maximum absolute atomic E-state index is 11.2. The van der Waals surface area contributed by atoms with Gasteiger partial charge in [0.2, 0.25) is 0 Å². The molecule has 0 atom stereocenters. The molecule has 106 valence electrons. The van der Waals surface area contributed by atoms with E-state index >= 15 is 0 Å². The standard InChI is InChI=1S/C19H12O2S/c20-12-14-4-1-2-5-16(14)18-11-15-10-13(7-8-17(15)21-18)19-6-3-9-22-19/h1-12H. The van der Waals surface area contributed by atoms with Crippen LogP contribution in [-0.2, 0) is 0 Å². The van der Waals surface area contributed by atoms with E-state index in [1.165, 1.54) is 10.4 Å². The summed E-state index contributed by atoms with van der Waals surface area (Å²) < 4.78 is 5.91. The van der Waals surface area contributed by atoms with Gasteiger partial charge in [0.1, 0.15) is 11.3 Å². The normalized spacial score (nSPS) is 10.9. The number of hydrogen-bond donors (Lipinski definition) is 0. The number of carbonyl (C=O) groups excluding carboxylic acids is 1. The van der Waals surface area contributed by atoms with Crippen LogP contribution < -0.4 is 0 Å². The number of furan rings is 1. The van der Waals surface area contributed by atoms with Gasteiger partial charge in [-0.3, -0.25) is 4.79 Å². The molecule has 2 heterocycles. The molecule has 22 heavy (non-hydrogen) atoms. The van der Waals surface area contributed by atoms with Crippen LogP contribution in [0.2, 0.25) is 0 Å². The lowest BCUT2D eigenvalue weighted by Crippen LogP contribution is -1.84. The van der Waals surface area contributed by atoms with Crippen molar-refractivity contribution in [2.24, 2.45) is 0 Å². The number of aldehydes is 1. The second-order valence-electron chi connectivity index (χ2n) is 5.05. The summed E-state index contributed by atoms with van der Waals surface area (Å²) in [5, 5.41) is 3.11.